The quantitative estimate of drug-likeness (QED) is 0.736. The fourth-order valence-corrected chi connectivity index (χ4v) is 2.04. The van der Waals surface area contributed by atoms with Crippen LogP contribution in [-0.4, -0.2) is 42.0 Å². The van der Waals surface area contributed by atoms with Crippen LogP contribution in [0.5, 0.6) is 0 Å². The van der Waals surface area contributed by atoms with E-state index in [4.69, 9.17) is 5.11 Å². The highest BCUT2D eigenvalue weighted by molar-refractivity contribution is 5.88. The SMILES string of the molecule is COC(=O)C[C@H](NC(=O)C1CCC(F)(F)CC1)C(=O)O. The standard InChI is InChI=1S/C12H17F2NO5/c1-20-9(16)6-8(11(18)19)15-10(17)7-2-4-12(13,14)5-3-7/h7-8H,2-6H2,1H3,(H,15,17)(H,18,19)/t8-/m0/s1. The van der Waals surface area contributed by atoms with Gasteiger partial charge in [-0.2, -0.15) is 0 Å². The number of aliphatic carboxylic acids is 1. The van der Waals surface area contributed by atoms with E-state index in [0.29, 0.717) is 0 Å². The molecule has 0 aromatic heterocycles. The number of carboxylic acid groups (broad SMARTS) is 1. The van der Waals surface area contributed by atoms with E-state index in [1.54, 1.807) is 0 Å². The Morgan fingerprint density at radius 2 is 1.90 bits per heavy atom. The molecule has 1 saturated carbocycles. The van der Waals surface area contributed by atoms with E-state index in [1.165, 1.54) is 0 Å². The highest BCUT2D eigenvalue weighted by Gasteiger charge is 2.38. The van der Waals surface area contributed by atoms with Gasteiger partial charge in [0.2, 0.25) is 11.8 Å². The second-order valence-corrected chi connectivity index (χ2v) is 4.81. The first-order chi connectivity index (χ1) is 9.25. The van der Waals surface area contributed by atoms with Crippen LogP contribution < -0.4 is 5.32 Å². The van der Waals surface area contributed by atoms with Crippen molar-refractivity contribution in [2.24, 2.45) is 5.92 Å². The van der Waals surface area contributed by atoms with Crippen molar-refractivity contribution in [2.75, 3.05) is 7.11 Å². The van der Waals surface area contributed by atoms with Crippen LogP contribution in [-0.2, 0) is 19.1 Å². The Hall–Kier alpha value is -1.73. The Bertz CT molecular complexity index is 389. The fourth-order valence-electron chi connectivity index (χ4n) is 2.04. The van der Waals surface area contributed by atoms with Crippen LogP contribution in [0.25, 0.3) is 0 Å². The van der Waals surface area contributed by atoms with Gasteiger partial charge in [-0.15, -0.1) is 0 Å². The number of carbonyl (C=O) groups excluding carboxylic acids is 2. The summed E-state index contributed by atoms with van der Waals surface area (Å²) in [7, 11) is 1.10. The number of nitrogens with one attached hydrogen (secondary N) is 1. The lowest BCUT2D eigenvalue weighted by Crippen LogP contribution is -2.46. The topological polar surface area (TPSA) is 92.7 Å². The lowest BCUT2D eigenvalue weighted by atomic mass is 9.86. The second-order valence-electron chi connectivity index (χ2n) is 4.81. The van der Waals surface area contributed by atoms with E-state index in [2.05, 4.69) is 10.1 Å². The zero-order chi connectivity index (χ0) is 15.3. The third-order valence-corrected chi connectivity index (χ3v) is 3.30. The molecule has 0 spiro atoms. The molecule has 0 aromatic carbocycles. The maximum atomic E-state index is 13.0. The summed E-state index contributed by atoms with van der Waals surface area (Å²) >= 11 is 0. The minimum Gasteiger partial charge on any atom is -0.480 e. The number of alkyl halides is 2. The largest absolute Gasteiger partial charge is 0.480 e. The number of methoxy groups -OCH3 is 1. The molecule has 1 amide bonds. The van der Waals surface area contributed by atoms with E-state index >= 15 is 0 Å². The maximum Gasteiger partial charge on any atom is 0.326 e. The van der Waals surface area contributed by atoms with E-state index in [-0.39, 0.29) is 25.7 Å². The van der Waals surface area contributed by atoms with Gasteiger partial charge in [-0.25, -0.2) is 13.6 Å². The van der Waals surface area contributed by atoms with Crippen molar-refractivity contribution in [2.45, 2.75) is 44.1 Å². The van der Waals surface area contributed by atoms with Crippen molar-refractivity contribution in [3.8, 4) is 0 Å². The van der Waals surface area contributed by atoms with Gasteiger partial charge in [0.1, 0.15) is 6.04 Å². The van der Waals surface area contributed by atoms with E-state index in [9.17, 15) is 23.2 Å². The summed E-state index contributed by atoms with van der Waals surface area (Å²) in [4.78, 5) is 33.8. The highest BCUT2D eigenvalue weighted by atomic mass is 19.3. The average Bonchev–Trinajstić information content (AvgIpc) is 2.37. The monoisotopic (exact) mass is 293 g/mol. The van der Waals surface area contributed by atoms with Crippen LogP contribution in [0.3, 0.4) is 0 Å². The fraction of sp³-hybridized carbons (Fsp3) is 0.750. The van der Waals surface area contributed by atoms with Crippen LogP contribution in [0.4, 0.5) is 8.78 Å². The zero-order valence-corrected chi connectivity index (χ0v) is 11.0. The van der Waals surface area contributed by atoms with Crippen LogP contribution in [0.15, 0.2) is 0 Å². The van der Waals surface area contributed by atoms with Crippen molar-refractivity contribution in [1.82, 2.24) is 5.32 Å². The van der Waals surface area contributed by atoms with Crippen LogP contribution in [0, 0.1) is 5.92 Å². The molecule has 2 N–H and O–H groups in total. The molecule has 1 atom stereocenters. The van der Waals surface area contributed by atoms with Crippen molar-refractivity contribution in [1.29, 1.82) is 0 Å². The molecule has 114 valence electrons. The predicted molar refractivity (Wildman–Crippen MR) is 63.1 cm³/mol. The highest BCUT2D eigenvalue weighted by Crippen LogP contribution is 2.36. The molecule has 1 rings (SSSR count). The second kappa shape index (κ2) is 6.62. The normalized spacial score (nSPS) is 19.9. The molecule has 0 unspecified atom stereocenters. The maximum absolute atomic E-state index is 13.0. The predicted octanol–water partition coefficient (Wildman–Crippen LogP) is 0.944. The van der Waals surface area contributed by atoms with Gasteiger partial charge in [0, 0.05) is 18.8 Å². The number of hydrogen-bond donors (Lipinski definition) is 2. The van der Waals surface area contributed by atoms with Gasteiger partial charge < -0.3 is 15.2 Å². The molecule has 0 radical (unpaired) electrons. The van der Waals surface area contributed by atoms with Gasteiger partial charge >= 0.3 is 11.9 Å². The summed E-state index contributed by atoms with van der Waals surface area (Å²) in [5.74, 6) is -6.15. The van der Waals surface area contributed by atoms with Crippen molar-refractivity contribution in [3.63, 3.8) is 0 Å². The number of ether oxygens (including phenoxy) is 1. The van der Waals surface area contributed by atoms with Gasteiger partial charge in [0.15, 0.2) is 0 Å². The van der Waals surface area contributed by atoms with Crippen molar-refractivity contribution < 1.29 is 33.0 Å². The first-order valence-electron chi connectivity index (χ1n) is 6.23. The number of rotatable bonds is 5. The lowest BCUT2D eigenvalue weighted by molar-refractivity contribution is -0.149. The molecular formula is C12H17F2NO5. The minimum absolute atomic E-state index is 0.00337. The third kappa shape index (κ3) is 4.75. The number of carboxylic acids is 1. The van der Waals surface area contributed by atoms with Gasteiger partial charge in [-0.1, -0.05) is 0 Å². The Morgan fingerprint density at radius 1 is 1.35 bits per heavy atom. The molecule has 1 aliphatic rings. The van der Waals surface area contributed by atoms with Crippen LogP contribution in [0.1, 0.15) is 32.1 Å². The van der Waals surface area contributed by atoms with E-state index in [1.807, 2.05) is 0 Å². The Labute approximate surface area is 114 Å². The van der Waals surface area contributed by atoms with Crippen LogP contribution in [0.2, 0.25) is 0 Å². The number of amides is 1. The Balaban J connectivity index is 2.54. The number of hydrogen-bond acceptors (Lipinski definition) is 4. The number of carbonyl (C=O) groups is 3. The molecular weight excluding hydrogens is 276 g/mol. The summed E-state index contributed by atoms with van der Waals surface area (Å²) in [6.07, 6.45) is -1.27. The van der Waals surface area contributed by atoms with Gasteiger partial charge in [-0.05, 0) is 12.8 Å². The van der Waals surface area contributed by atoms with Crippen LogP contribution >= 0.6 is 0 Å². The minimum atomic E-state index is -2.75. The molecule has 0 aliphatic heterocycles. The molecule has 0 aromatic rings. The van der Waals surface area contributed by atoms with E-state index < -0.39 is 42.1 Å². The first-order valence-corrected chi connectivity index (χ1v) is 6.23. The Morgan fingerprint density at radius 3 is 2.35 bits per heavy atom. The molecule has 6 nitrogen and oxygen atoms in total. The molecule has 1 fully saturated rings. The molecule has 0 saturated heterocycles. The summed E-state index contributed by atoms with van der Waals surface area (Å²) in [6.45, 7) is 0. The Kier molecular flexibility index (Phi) is 5.41. The van der Waals surface area contributed by atoms with Gasteiger partial charge in [-0.3, -0.25) is 9.59 Å². The number of halogens is 2. The number of esters is 1. The summed E-state index contributed by atoms with van der Waals surface area (Å²) < 4.78 is 30.3. The molecule has 0 heterocycles. The molecule has 1 aliphatic carbocycles. The smallest absolute Gasteiger partial charge is 0.326 e. The van der Waals surface area contributed by atoms with Crippen molar-refractivity contribution in [3.05, 3.63) is 0 Å². The summed E-state index contributed by atoms with van der Waals surface area (Å²) in [5.41, 5.74) is 0. The molecule has 20 heavy (non-hydrogen) atoms. The molecule has 8 heteroatoms. The lowest BCUT2D eigenvalue weighted by Gasteiger charge is -2.28. The third-order valence-electron chi connectivity index (χ3n) is 3.30. The first kappa shape index (κ1) is 16.3. The average molecular weight is 293 g/mol. The van der Waals surface area contributed by atoms with E-state index in [0.717, 1.165) is 7.11 Å². The zero-order valence-electron chi connectivity index (χ0n) is 11.0. The molecule has 0 bridgehead atoms. The summed E-state index contributed by atoms with van der Waals surface area (Å²) in [5, 5.41) is 11.1. The summed E-state index contributed by atoms with van der Waals surface area (Å²) in [6, 6.07) is -1.41. The van der Waals surface area contributed by atoms with Crippen molar-refractivity contribution >= 4 is 17.8 Å². The van der Waals surface area contributed by atoms with Gasteiger partial charge in [0.05, 0.1) is 13.5 Å². The van der Waals surface area contributed by atoms with Gasteiger partial charge in [0.25, 0.3) is 0 Å².